The van der Waals surface area contributed by atoms with E-state index in [1.54, 1.807) is 20.5 Å². The molecule has 1 saturated heterocycles. The fourth-order valence-corrected chi connectivity index (χ4v) is 6.11. The number of nitrogens with zero attached hydrogens (tertiary/aromatic N) is 3. The molecule has 9 heteroatoms. The second-order valence-electron chi connectivity index (χ2n) is 8.02. The van der Waals surface area contributed by atoms with Gasteiger partial charge >= 0.3 is 7.60 Å². The van der Waals surface area contributed by atoms with Crippen molar-refractivity contribution in [2.75, 3.05) is 51.6 Å². The average Bonchev–Trinajstić information content (AvgIpc) is 3.03. The molecule has 0 amide bonds. The van der Waals surface area contributed by atoms with E-state index in [0.717, 1.165) is 61.9 Å². The topological polar surface area (TPSA) is 83.0 Å². The second kappa shape index (κ2) is 11.8. The summed E-state index contributed by atoms with van der Waals surface area (Å²) >= 11 is 0. The zero-order valence-electron chi connectivity index (χ0n) is 19.7. The third-order valence-corrected chi connectivity index (χ3v) is 8.13. The molecule has 1 aliphatic rings. The lowest BCUT2D eigenvalue weighted by molar-refractivity contribution is 0.219. The van der Waals surface area contributed by atoms with E-state index >= 15 is 0 Å². The lowest BCUT2D eigenvalue weighted by atomic mass is 9.96. The summed E-state index contributed by atoms with van der Waals surface area (Å²) in [6.45, 7) is 6.42. The van der Waals surface area contributed by atoms with Crippen molar-refractivity contribution in [3.63, 3.8) is 0 Å². The number of hydrogen-bond acceptors (Lipinski definition) is 8. The number of aromatic nitrogens is 2. The molecule has 1 fully saturated rings. The van der Waals surface area contributed by atoms with Gasteiger partial charge in [-0.25, -0.2) is 9.97 Å². The molecule has 178 valence electrons. The third kappa shape index (κ3) is 6.12. The highest BCUT2D eigenvalue weighted by Crippen LogP contribution is 2.49. The Morgan fingerprint density at radius 2 is 1.75 bits per heavy atom. The molecule has 0 bridgehead atoms. The number of methoxy groups -OCH3 is 2. The molecule has 0 radical (unpaired) electrons. The Balaban J connectivity index is 1.65. The maximum atomic E-state index is 12.7. The maximum absolute atomic E-state index is 12.7. The molecule has 1 aromatic heterocycles. The summed E-state index contributed by atoms with van der Waals surface area (Å²) in [5, 5.41) is 0.970. The van der Waals surface area contributed by atoms with Crippen molar-refractivity contribution in [3.8, 4) is 11.5 Å². The number of hydrogen-bond donors (Lipinski definition) is 0. The Bertz CT molecular complexity index is 916. The van der Waals surface area contributed by atoms with Gasteiger partial charge in [0.05, 0.1) is 39.1 Å². The van der Waals surface area contributed by atoms with Crippen LogP contribution in [0.1, 0.15) is 46.0 Å². The number of benzene rings is 1. The predicted molar refractivity (Wildman–Crippen MR) is 127 cm³/mol. The van der Waals surface area contributed by atoms with E-state index in [2.05, 4.69) is 14.9 Å². The van der Waals surface area contributed by atoms with Crippen LogP contribution in [0.25, 0.3) is 10.9 Å². The van der Waals surface area contributed by atoms with Crippen LogP contribution >= 0.6 is 7.60 Å². The van der Waals surface area contributed by atoms with Gasteiger partial charge in [0.25, 0.3) is 0 Å². The molecular formula is C23H36N3O5P. The molecule has 1 aromatic carbocycles. The highest BCUT2D eigenvalue weighted by atomic mass is 31.2. The van der Waals surface area contributed by atoms with Crippen LogP contribution in [0.3, 0.4) is 0 Å². The van der Waals surface area contributed by atoms with Crippen LogP contribution in [-0.2, 0) is 13.6 Å². The highest BCUT2D eigenvalue weighted by molar-refractivity contribution is 7.53. The summed E-state index contributed by atoms with van der Waals surface area (Å²) in [7, 11) is 0.317. The standard InChI is InChI=1S/C23H36N3O5P/c1-5-30-32(27,31-6-2)14-8-10-18-9-7-12-26(13-11-18)23-19-15-21(28-3)22(29-4)16-20(19)24-17-25-23/h15-18H,5-14H2,1-4H3. The normalized spacial score (nSPS) is 17.4. The minimum Gasteiger partial charge on any atom is -0.493 e. The quantitative estimate of drug-likeness (QED) is 0.414. The summed E-state index contributed by atoms with van der Waals surface area (Å²) in [5.74, 6) is 2.88. The fraction of sp³-hybridized carbons (Fsp3) is 0.652. The first-order chi connectivity index (χ1) is 15.5. The Hall–Kier alpha value is -1.89. The van der Waals surface area contributed by atoms with Crippen LogP contribution in [0, 0.1) is 5.92 Å². The van der Waals surface area contributed by atoms with Crippen molar-refractivity contribution < 1.29 is 23.1 Å². The molecule has 8 nitrogen and oxygen atoms in total. The molecule has 1 atom stereocenters. The van der Waals surface area contributed by atoms with Gasteiger partial charge in [0.2, 0.25) is 0 Å². The molecule has 32 heavy (non-hydrogen) atoms. The van der Waals surface area contributed by atoms with E-state index in [1.807, 2.05) is 26.0 Å². The lowest BCUT2D eigenvalue weighted by Crippen LogP contribution is -2.25. The van der Waals surface area contributed by atoms with E-state index in [0.29, 0.717) is 36.8 Å². The fourth-order valence-electron chi connectivity index (χ4n) is 4.42. The van der Waals surface area contributed by atoms with Crippen LogP contribution in [0.5, 0.6) is 11.5 Å². The zero-order chi connectivity index (χ0) is 23.0. The minimum absolute atomic E-state index is 0.416. The molecular weight excluding hydrogens is 429 g/mol. The Labute approximate surface area is 191 Å². The number of rotatable bonds is 11. The third-order valence-electron chi connectivity index (χ3n) is 5.96. The van der Waals surface area contributed by atoms with Gasteiger partial charge < -0.3 is 23.4 Å². The van der Waals surface area contributed by atoms with Crippen molar-refractivity contribution in [2.45, 2.75) is 46.0 Å². The van der Waals surface area contributed by atoms with Crippen molar-refractivity contribution in [3.05, 3.63) is 18.5 Å². The van der Waals surface area contributed by atoms with E-state index in [1.165, 1.54) is 0 Å². The molecule has 2 heterocycles. The molecule has 1 unspecified atom stereocenters. The highest BCUT2D eigenvalue weighted by Gasteiger charge is 2.25. The summed E-state index contributed by atoms with van der Waals surface area (Å²) < 4.78 is 34.5. The van der Waals surface area contributed by atoms with Crippen LogP contribution in [-0.4, -0.2) is 56.7 Å². The number of fused-ring (bicyclic) bond motifs is 1. The van der Waals surface area contributed by atoms with E-state index < -0.39 is 7.60 Å². The zero-order valence-corrected chi connectivity index (χ0v) is 20.6. The second-order valence-corrected chi connectivity index (χ2v) is 10.2. The van der Waals surface area contributed by atoms with E-state index in [9.17, 15) is 4.57 Å². The first-order valence-corrected chi connectivity index (χ1v) is 13.3. The van der Waals surface area contributed by atoms with Crippen molar-refractivity contribution in [1.29, 1.82) is 0 Å². The SMILES string of the molecule is CCOP(=O)(CCCC1CCCN(c2ncnc3cc(OC)c(OC)cc23)CC1)OCC. The number of anilines is 1. The van der Waals surface area contributed by atoms with Crippen molar-refractivity contribution in [2.24, 2.45) is 5.92 Å². The van der Waals surface area contributed by atoms with Gasteiger partial charge in [0.1, 0.15) is 12.1 Å². The van der Waals surface area contributed by atoms with Crippen molar-refractivity contribution in [1.82, 2.24) is 9.97 Å². The molecule has 0 N–H and O–H groups in total. The van der Waals surface area contributed by atoms with Crippen LogP contribution in [0.4, 0.5) is 5.82 Å². The molecule has 0 spiro atoms. The van der Waals surface area contributed by atoms with Crippen molar-refractivity contribution >= 4 is 24.3 Å². The van der Waals surface area contributed by atoms with Crippen LogP contribution in [0.2, 0.25) is 0 Å². The van der Waals surface area contributed by atoms with Gasteiger partial charge in [-0.2, -0.15) is 0 Å². The molecule has 3 rings (SSSR count). The average molecular weight is 466 g/mol. The predicted octanol–water partition coefficient (Wildman–Crippen LogP) is 5.30. The lowest BCUT2D eigenvalue weighted by Gasteiger charge is -2.23. The maximum Gasteiger partial charge on any atom is 0.330 e. The van der Waals surface area contributed by atoms with Gasteiger partial charge in [-0.15, -0.1) is 0 Å². The Kier molecular flexibility index (Phi) is 9.14. The van der Waals surface area contributed by atoms with E-state index in [-0.39, 0.29) is 0 Å². The summed E-state index contributed by atoms with van der Waals surface area (Å²) in [4.78, 5) is 11.4. The summed E-state index contributed by atoms with van der Waals surface area (Å²) in [6, 6.07) is 3.86. The minimum atomic E-state index is -2.95. The summed E-state index contributed by atoms with van der Waals surface area (Å²) in [5.41, 5.74) is 0.844. The monoisotopic (exact) mass is 465 g/mol. The Morgan fingerprint density at radius 1 is 1.03 bits per heavy atom. The molecule has 2 aromatic rings. The van der Waals surface area contributed by atoms with Crippen LogP contribution < -0.4 is 14.4 Å². The molecule has 0 saturated carbocycles. The largest absolute Gasteiger partial charge is 0.493 e. The van der Waals surface area contributed by atoms with Gasteiger partial charge in [-0.05, 0) is 57.9 Å². The van der Waals surface area contributed by atoms with Gasteiger partial charge in [0, 0.05) is 24.5 Å². The first kappa shape index (κ1) is 24.7. The first-order valence-electron chi connectivity index (χ1n) is 11.5. The smallest absolute Gasteiger partial charge is 0.330 e. The van der Waals surface area contributed by atoms with Crippen LogP contribution in [0.15, 0.2) is 18.5 Å². The van der Waals surface area contributed by atoms with Gasteiger partial charge in [0.15, 0.2) is 11.5 Å². The number of ether oxygens (including phenoxy) is 2. The molecule has 0 aliphatic carbocycles. The van der Waals surface area contributed by atoms with Gasteiger partial charge in [-0.3, -0.25) is 4.57 Å². The van der Waals surface area contributed by atoms with E-state index in [4.69, 9.17) is 18.5 Å². The molecule has 1 aliphatic heterocycles. The van der Waals surface area contributed by atoms with Gasteiger partial charge in [-0.1, -0.05) is 0 Å². The Morgan fingerprint density at radius 3 is 2.44 bits per heavy atom. The summed E-state index contributed by atoms with van der Waals surface area (Å²) in [6.07, 6.45) is 7.33.